The van der Waals surface area contributed by atoms with Crippen LogP contribution in [0.15, 0.2) is 48.5 Å². The summed E-state index contributed by atoms with van der Waals surface area (Å²) in [6, 6.07) is 16.4. The van der Waals surface area contributed by atoms with E-state index in [2.05, 4.69) is 32.0 Å². The maximum absolute atomic E-state index is 11.7. The number of carbonyl (C=O) groups excluding carboxylic acids is 1. The Balaban J connectivity index is 2.50. The van der Waals surface area contributed by atoms with Crippen molar-refractivity contribution in [3.63, 3.8) is 0 Å². The third-order valence-corrected chi connectivity index (χ3v) is 3.35. The van der Waals surface area contributed by atoms with Crippen LogP contribution >= 0.6 is 0 Å². The van der Waals surface area contributed by atoms with E-state index in [9.17, 15) is 4.79 Å². The van der Waals surface area contributed by atoms with Crippen molar-refractivity contribution in [1.82, 2.24) is 0 Å². The molecule has 0 aliphatic rings. The molecule has 0 aromatic heterocycles. The average molecular weight is 238 g/mol. The highest BCUT2D eigenvalue weighted by atomic mass is 16.1. The molecule has 0 radical (unpaired) electrons. The smallest absolute Gasteiger partial charge is 0.160 e. The molecule has 1 unspecified atom stereocenters. The minimum atomic E-state index is 0.132. The molecule has 0 aliphatic carbocycles. The second-order valence-corrected chi connectivity index (χ2v) is 4.78. The number of aryl methyl sites for hydroxylation is 1. The van der Waals surface area contributed by atoms with Crippen molar-refractivity contribution in [3.8, 4) is 0 Å². The standard InChI is InChI=1S/C17H18O/c1-12-9-10-16(14(3)18)17(11-12)13(2)15-7-5-4-6-8-15/h4-11,13H,1-3H3. The van der Waals surface area contributed by atoms with E-state index in [1.807, 2.05) is 30.3 Å². The minimum absolute atomic E-state index is 0.132. The van der Waals surface area contributed by atoms with Gasteiger partial charge in [0, 0.05) is 11.5 Å². The topological polar surface area (TPSA) is 17.1 Å². The molecule has 0 heterocycles. The van der Waals surface area contributed by atoms with Crippen LogP contribution in [-0.4, -0.2) is 5.78 Å². The maximum atomic E-state index is 11.7. The van der Waals surface area contributed by atoms with Crippen LogP contribution in [0.25, 0.3) is 0 Å². The lowest BCUT2D eigenvalue weighted by Crippen LogP contribution is -2.05. The van der Waals surface area contributed by atoms with E-state index in [4.69, 9.17) is 0 Å². The molecule has 92 valence electrons. The lowest BCUT2D eigenvalue weighted by atomic mass is 9.87. The molecular formula is C17H18O. The monoisotopic (exact) mass is 238 g/mol. The van der Waals surface area contributed by atoms with Gasteiger partial charge < -0.3 is 0 Å². The number of Topliss-reactive ketones (excluding diaryl/α,β-unsaturated/α-hetero) is 1. The molecular weight excluding hydrogens is 220 g/mol. The van der Waals surface area contributed by atoms with Gasteiger partial charge in [-0.15, -0.1) is 0 Å². The third kappa shape index (κ3) is 2.51. The predicted molar refractivity (Wildman–Crippen MR) is 75.1 cm³/mol. The van der Waals surface area contributed by atoms with Crippen molar-refractivity contribution in [3.05, 3.63) is 70.8 Å². The van der Waals surface area contributed by atoms with E-state index in [0.717, 1.165) is 11.1 Å². The summed E-state index contributed by atoms with van der Waals surface area (Å²) in [7, 11) is 0. The van der Waals surface area contributed by atoms with E-state index in [1.54, 1.807) is 6.92 Å². The van der Waals surface area contributed by atoms with Crippen LogP contribution in [0, 0.1) is 6.92 Å². The molecule has 2 rings (SSSR count). The van der Waals surface area contributed by atoms with E-state index in [0.29, 0.717) is 0 Å². The number of rotatable bonds is 3. The van der Waals surface area contributed by atoms with Crippen LogP contribution in [0.3, 0.4) is 0 Å². The molecule has 2 aromatic rings. The largest absolute Gasteiger partial charge is 0.295 e. The molecule has 0 saturated carbocycles. The van der Waals surface area contributed by atoms with Crippen molar-refractivity contribution < 1.29 is 4.79 Å². The average Bonchev–Trinajstić information content (AvgIpc) is 2.38. The molecule has 2 aromatic carbocycles. The fraction of sp³-hybridized carbons (Fsp3) is 0.235. The SMILES string of the molecule is CC(=O)c1ccc(C)cc1C(C)c1ccccc1. The molecule has 1 heteroatoms. The van der Waals surface area contributed by atoms with Crippen molar-refractivity contribution >= 4 is 5.78 Å². The van der Waals surface area contributed by atoms with Crippen molar-refractivity contribution in [2.75, 3.05) is 0 Å². The van der Waals surface area contributed by atoms with E-state index in [-0.39, 0.29) is 11.7 Å². The number of hydrogen-bond acceptors (Lipinski definition) is 1. The highest BCUT2D eigenvalue weighted by Gasteiger charge is 2.15. The van der Waals surface area contributed by atoms with E-state index < -0.39 is 0 Å². The number of carbonyl (C=O) groups is 1. The zero-order chi connectivity index (χ0) is 13.1. The number of benzene rings is 2. The lowest BCUT2D eigenvalue weighted by Gasteiger charge is -2.16. The Morgan fingerprint density at radius 3 is 2.33 bits per heavy atom. The first kappa shape index (κ1) is 12.6. The summed E-state index contributed by atoms with van der Waals surface area (Å²) >= 11 is 0. The molecule has 0 fully saturated rings. The summed E-state index contributed by atoms with van der Waals surface area (Å²) in [4.78, 5) is 11.7. The molecule has 0 amide bonds. The van der Waals surface area contributed by atoms with Gasteiger partial charge >= 0.3 is 0 Å². The molecule has 1 atom stereocenters. The van der Waals surface area contributed by atoms with Crippen LogP contribution in [0.2, 0.25) is 0 Å². The molecule has 0 spiro atoms. The number of hydrogen-bond donors (Lipinski definition) is 0. The first-order chi connectivity index (χ1) is 8.59. The Labute approximate surface area is 108 Å². The second kappa shape index (κ2) is 5.18. The Bertz CT molecular complexity index is 555. The van der Waals surface area contributed by atoms with Crippen LogP contribution < -0.4 is 0 Å². The van der Waals surface area contributed by atoms with Crippen molar-refractivity contribution in [2.24, 2.45) is 0 Å². The van der Waals surface area contributed by atoms with Gasteiger partial charge in [-0.25, -0.2) is 0 Å². The van der Waals surface area contributed by atoms with Gasteiger partial charge in [0.15, 0.2) is 5.78 Å². The summed E-state index contributed by atoms with van der Waals surface area (Å²) in [5.74, 6) is 0.373. The van der Waals surface area contributed by atoms with Crippen LogP contribution in [0.5, 0.6) is 0 Å². The Morgan fingerprint density at radius 1 is 1.06 bits per heavy atom. The van der Waals surface area contributed by atoms with Gasteiger partial charge in [0.1, 0.15) is 0 Å². The predicted octanol–water partition coefficient (Wildman–Crippen LogP) is 4.35. The maximum Gasteiger partial charge on any atom is 0.160 e. The van der Waals surface area contributed by atoms with Gasteiger partial charge in [-0.05, 0) is 25.0 Å². The molecule has 0 N–H and O–H groups in total. The van der Waals surface area contributed by atoms with Crippen LogP contribution in [0.1, 0.15) is 46.8 Å². The van der Waals surface area contributed by atoms with Crippen molar-refractivity contribution in [1.29, 1.82) is 0 Å². The van der Waals surface area contributed by atoms with Crippen LogP contribution in [-0.2, 0) is 0 Å². The first-order valence-corrected chi connectivity index (χ1v) is 6.26. The van der Waals surface area contributed by atoms with E-state index >= 15 is 0 Å². The Kier molecular flexibility index (Phi) is 3.61. The quantitative estimate of drug-likeness (QED) is 0.726. The van der Waals surface area contributed by atoms with Gasteiger partial charge in [-0.3, -0.25) is 4.79 Å². The van der Waals surface area contributed by atoms with Gasteiger partial charge in [0.2, 0.25) is 0 Å². The molecule has 18 heavy (non-hydrogen) atoms. The van der Waals surface area contributed by atoms with Crippen molar-refractivity contribution in [2.45, 2.75) is 26.7 Å². The van der Waals surface area contributed by atoms with Gasteiger partial charge in [-0.1, -0.05) is 61.0 Å². The minimum Gasteiger partial charge on any atom is -0.295 e. The highest BCUT2D eigenvalue weighted by Crippen LogP contribution is 2.28. The van der Waals surface area contributed by atoms with Crippen LogP contribution in [0.4, 0.5) is 0 Å². The molecule has 1 nitrogen and oxygen atoms in total. The summed E-state index contributed by atoms with van der Waals surface area (Å²) < 4.78 is 0. The van der Waals surface area contributed by atoms with Gasteiger partial charge in [-0.2, -0.15) is 0 Å². The molecule has 0 bridgehead atoms. The summed E-state index contributed by atoms with van der Waals surface area (Å²) in [5, 5.41) is 0. The van der Waals surface area contributed by atoms with Gasteiger partial charge in [0.25, 0.3) is 0 Å². The molecule has 0 saturated heterocycles. The number of ketones is 1. The molecule has 0 aliphatic heterocycles. The zero-order valence-corrected chi connectivity index (χ0v) is 11.1. The fourth-order valence-electron chi connectivity index (χ4n) is 2.28. The summed E-state index contributed by atoms with van der Waals surface area (Å²) in [5.41, 5.74) is 4.38. The second-order valence-electron chi connectivity index (χ2n) is 4.78. The van der Waals surface area contributed by atoms with E-state index in [1.165, 1.54) is 11.1 Å². The normalized spacial score (nSPS) is 12.2. The first-order valence-electron chi connectivity index (χ1n) is 6.26. The third-order valence-electron chi connectivity index (χ3n) is 3.35. The zero-order valence-electron chi connectivity index (χ0n) is 11.1. The Hall–Kier alpha value is -1.89. The summed E-state index contributed by atoms with van der Waals surface area (Å²) in [6.45, 7) is 5.84. The summed E-state index contributed by atoms with van der Waals surface area (Å²) in [6.07, 6.45) is 0. The lowest BCUT2D eigenvalue weighted by molar-refractivity contribution is 0.101. The fourth-order valence-corrected chi connectivity index (χ4v) is 2.28. The highest BCUT2D eigenvalue weighted by molar-refractivity contribution is 5.96. The van der Waals surface area contributed by atoms with Gasteiger partial charge in [0.05, 0.1) is 0 Å². The Morgan fingerprint density at radius 2 is 1.72 bits per heavy atom.